The SMILES string of the molecule is CCOCCCNC(=NCc1nnc(C)n1C)NCCOc1ccc(F)cc1F.I. The highest BCUT2D eigenvalue weighted by atomic mass is 127. The van der Waals surface area contributed by atoms with E-state index >= 15 is 0 Å². The molecule has 8 nitrogen and oxygen atoms in total. The van der Waals surface area contributed by atoms with Crippen molar-refractivity contribution < 1.29 is 18.3 Å². The molecule has 0 spiro atoms. The van der Waals surface area contributed by atoms with Gasteiger partial charge in [-0.1, -0.05) is 0 Å². The van der Waals surface area contributed by atoms with E-state index in [0.29, 0.717) is 38.8 Å². The molecule has 0 aliphatic rings. The summed E-state index contributed by atoms with van der Waals surface area (Å²) in [6.07, 6.45) is 0.828. The molecule has 1 heterocycles. The van der Waals surface area contributed by atoms with Crippen LogP contribution in [0.1, 0.15) is 25.0 Å². The average Bonchev–Trinajstić information content (AvgIpc) is 3.02. The lowest BCUT2D eigenvalue weighted by Crippen LogP contribution is -2.40. The third-order valence-electron chi connectivity index (χ3n) is 4.07. The summed E-state index contributed by atoms with van der Waals surface area (Å²) in [5.41, 5.74) is 0. The van der Waals surface area contributed by atoms with Crippen LogP contribution in [0.4, 0.5) is 8.78 Å². The fourth-order valence-electron chi connectivity index (χ4n) is 2.36. The molecule has 1 aromatic heterocycles. The standard InChI is InChI=1S/C19H28F2N6O2.HI/c1-4-28-10-5-8-22-19(24-13-18-26-25-14(2)27(18)3)23-9-11-29-17-7-6-15(20)12-16(17)21;/h6-7,12H,4-5,8-11,13H2,1-3H3,(H2,22,23,24);1H. The summed E-state index contributed by atoms with van der Waals surface area (Å²) in [5, 5.41) is 14.5. The van der Waals surface area contributed by atoms with Gasteiger partial charge in [0.15, 0.2) is 23.4 Å². The Hall–Kier alpha value is -2.02. The van der Waals surface area contributed by atoms with Crippen molar-refractivity contribution >= 4 is 29.9 Å². The number of hydrogen-bond donors (Lipinski definition) is 2. The Labute approximate surface area is 192 Å². The topological polar surface area (TPSA) is 85.6 Å². The van der Waals surface area contributed by atoms with Crippen molar-refractivity contribution in [2.45, 2.75) is 26.8 Å². The van der Waals surface area contributed by atoms with Crippen molar-refractivity contribution in [2.24, 2.45) is 12.0 Å². The van der Waals surface area contributed by atoms with Crippen LogP contribution in [-0.2, 0) is 18.3 Å². The molecule has 0 aliphatic heterocycles. The van der Waals surface area contributed by atoms with Gasteiger partial charge in [-0.05, 0) is 32.4 Å². The van der Waals surface area contributed by atoms with Crippen molar-refractivity contribution in [3.05, 3.63) is 41.5 Å². The summed E-state index contributed by atoms with van der Waals surface area (Å²) in [4.78, 5) is 4.51. The quantitative estimate of drug-likeness (QED) is 0.198. The van der Waals surface area contributed by atoms with Crippen molar-refractivity contribution in [2.75, 3.05) is 32.9 Å². The number of hydrogen-bond acceptors (Lipinski definition) is 5. The van der Waals surface area contributed by atoms with Crippen LogP contribution in [0.15, 0.2) is 23.2 Å². The summed E-state index contributed by atoms with van der Waals surface area (Å²) in [6.45, 7) is 6.76. The fourth-order valence-corrected chi connectivity index (χ4v) is 2.36. The van der Waals surface area contributed by atoms with Crippen LogP contribution >= 0.6 is 24.0 Å². The zero-order chi connectivity index (χ0) is 21.1. The third-order valence-corrected chi connectivity index (χ3v) is 4.07. The highest BCUT2D eigenvalue weighted by Gasteiger charge is 2.07. The summed E-state index contributed by atoms with van der Waals surface area (Å²) >= 11 is 0. The smallest absolute Gasteiger partial charge is 0.191 e. The number of halogens is 3. The molecule has 168 valence electrons. The Balaban J connectivity index is 0.00000450. The van der Waals surface area contributed by atoms with Crippen molar-refractivity contribution in [1.82, 2.24) is 25.4 Å². The van der Waals surface area contributed by atoms with E-state index < -0.39 is 11.6 Å². The maximum absolute atomic E-state index is 13.6. The van der Waals surface area contributed by atoms with Crippen LogP contribution in [0.5, 0.6) is 5.75 Å². The van der Waals surface area contributed by atoms with Crippen LogP contribution < -0.4 is 15.4 Å². The molecule has 0 saturated heterocycles. The van der Waals surface area contributed by atoms with Gasteiger partial charge in [-0.2, -0.15) is 0 Å². The van der Waals surface area contributed by atoms with Gasteiger partial charge in [0, 0.05) is 32.9 Å². The van der Waals surface area contributed by atoms with Gasteiger partial charge in [-0.3, -0.25) is 0 Å². The van der Waals surface area contributed by atoms with E-state index in [1.165, 1.54) is 6.07 Å². The number of nitrogens with one attached hydrogen (secondary N) is 2. The molecule has 0 amide bonds. The molecular formula is C19H29F2IN6O2. The molecule has 2 aromatic rings. The van der Waals surface area contributed by atoms with E-state index in [4.69, 9.17) is 9.47 Å². The Morgan fingerprint density at radius 2 is 1.93 bits per heavy atom. The van der Waals surface area contributed by atoms with E-state index in [2.05, 4.69) is 25.8 Å². The van der Waals surface area contributed by atoms with Crippen LogP contribution in [0.25, 0.3) is 0 Å². The predicted molar refractivity (Wildman–Crippen MR) is 121 cm³/mol. The van der Waals surface area contributed by atoms with E-state index in [-0.39, 0.29) is 36.3 Å². The lowest BCUT2D eigenvalue weighted by molar-refractivity contribution is 0.145. The van der Waals surface area contributed by atoms with E-state index in [9.17, 15) is 8.78 Å². The highest BCUT2D eigenvalue weighted by molar-refractivity contribution is 14.0. The van der Waals surface area contributed by atoms with E-state index in [0.717, 1.165) is 30.2 Å². The summed E-state index contributed by atoms with van der Waals surface area (Å²) in [5.74, 6) is 0.756. The lowest BCUT2D eigenvalue weighted by atomic mass is 10.3. The van der Waals surface area contributed by atoms with Gasteiger partial charge in [-0.25, -0.2) is 13.8 Å². The number of aliphatic imine (C=N–C) groups is 1. The summed E-state index contributed by atoms with van der Waals surface area (Å²) < 4.78 is 39.1. The normalized spacial score (nSPS) is 11.2. The number of aromatic nitrogens is 3. The van der Waals surface area contributed by atoms with E-state index in [1.807, 2.05) is 25.5 Å². The first-order valence-corrected chi connectivity index (χ1v) is 9.54. The zero-order valence-corrected chi connectivity index (χ0v) is 19.8. The second-order valence-corrected chi connectivity index (χ2v) is 6.21. The number of nitrogens with zero attached hydrogens (tertiary/aromatic N) is 4. The van der Waals surface area contributed by atoms with Crippen LogP contribution in [0.3, 0.4) is 0 Å². The average molecular weight is 538 g/mol. The van der Waals surface area contributed by atoms with Crippen LogP contribution in [0.2, 0.25) is 0 Å². The van der Waals surface area contributed by atoms with E-state index in [1.54, 1.807) is 0 Å². The molecule has 2 rings (SSSR count). The van der Waals surface area contributed by atoms with Gasteiger partial charge in [0.2, 0.25) is 0 Å². The first-order valence-electron chi connectivity index (χ1n) is 9.54. The Morgan fingerprint density at radius 1 is 1.17 bits per heavy atom. The second kappa shape index (κ2) is 14.1. The maximum atomic E-state index is 13.6. The molecule has 0 aliphatic carbocycles. The van der Waals surface area contributed by atoms with Gasteiger partial charge in [0.1, 0.15) is 24.8 Å². The lowest BCUT2D eigenvalue weighted by Gasteiger charge is -2.13. The molecule has 0 fully saturated rings. The summed E-state index contributed by atoms with van der Waals surface area (Å²) in [7, 11) is 1.88. The predicted octanol–water partition coefficient (Wildman–Crippen LogP) is 2.56. The fraction of sp³-hybridized carbons (Fsp3) is 0.526. The Kier molecular flexibility index (Phi) is 12.2. The minimum Gasteiger partial charge on any atom is -0.489 e. The Morgan fingerprint density at radius 3 is 2.60 bits per heavy atom. The maximum Gasteiger partial charge on any atom is 0.191 e. The minimum atomic E-state index is -0.731. The molecule has 0 unspecified atom stereocenters. The highest BCUT2D eigenvalue weighted by Crippen LogP contribution is 2.17. The first kappa shape index (κ1) is 26.0. The van der Waals surface area contributed by atoms with Gasteiger partial charge < -0.3 is 24.7 Å². The molecule has 0 saturated carbocycles. The van der Waals surface area contributed by atoms with Crippen LogP contribution in [-0.4, -0.2) is 53.6 Å². The van der Waals surface area contributed by atoms with Gasteiger partial charge in [0.25, 0.3) is 0 Å². The van der Waals surface area contributed by atoms with Gasteiger partial charge in [-0.15, -0.1) is 34.2 Å². The molecule has 0 atom stereocenters. The van der Waals surface area contributed by atoms with Gasteiger partial charge in [0.05, 0.1) is 6.54 Å². The largest absolute Gasteiger partial charge is 0.489 e. The summed E-state index contributed by atoms with van der Waals surface area (Å²) in [6, 6.07) is 3.21. The number of guanidine groups is 1. The monoisotopic (exact) mass is 538 g/mol. The van der Waals surface area contributed by atoms with Crippen molar-refractivity contribution in [3.63, 3.8) is 0 Å². The van der Waals surface area contributed by atoms with Crippen molar-refractivity contribution in [3.8, 4) is 5.75 Å². The van der Waals surface area contributed by atoms with Crippen LogP contribution in [0, 0.1) is 18.6 Å². The number of ether oxygens (including phenoxy) is 2. The number of rotatable bonds is 11. The molecule has 1 aromatic carbocycles. The molecule has 30 heavy (non-hydrogen) atoms. The zero-order valence-electron chi connectivity index (χ0n) is 17.5. The second-order valence-electron chi connectivity index (χ2n) is 6.21. The Bertz CT molecular complexity index is 803. The number of benzene rings is 1. The first-order chi connectivity index (χ1) is 14.0. The van der Waals surface area contributed by atoms with Gasteiger partial charge >= 0.3 is 0 Å². The molecule has 0 radical (unpaired) electrons. The van der Waals surface area contributed by atoms with Crippen molar-refractivity contribution in [1.29, 1.82) is 0 Å². The minimum absolute atomic E-state index is 0. The third kappa shape index (κ3) is 8.78. The number of aryl methyl sites for hydroxylation is 1. The molecular weight excluding hydrogens is 509 g/mol. The molecule has 0 bridgehead atoms. The molecule has 11 heteroatoms. The molecule has 2 N–H and O–H groups in total.